The monoisotopic (exact) mass is 473 g/mol. The zero-order valence-electron chi connectivity index (χ0n) is 14.3. The first kappa shape index (κ1) is 20.3. The summed E-state index contributed by atoms with van der Waals surface area (Å²) in [6.45, 7) is 0.0368. The van der Waals surface area contributed by atoms with Crippen LogP contribution in [0.25, 0.3) is 0 Å². The van der Waals surface area contributed by atoms with E-state index in [1.807, 2.05) is 0 Å². The number of halogens is 3. The highest BCUT2D eigenvalue weighted by Gasteiger charge is 2.52. The zero-order chi connectivity index (χ0) is 19.7. The molecule has 144 valence electrons. The van der Waals surface area contributed by atoms with Crippen LogP contribution in [0.1, 0.15) is 31.2 Å². The van der Waals surface area contributed by atoms with Crippen molar-refractivity contribution < 1.29 is 17.6 Å². The van der Waals surface area contributed by atoms with Crippen LogP contribution in [0.3, 0.4) is 0 Å². The molecule has 2 aromatic rings. The molecule has 0 radical (unpaired) electrons. The molecule has 0 aromatic heterocycles. The predicted octanol–water partition coefficient (Wildman–Crippen LogP) is 4.64. The molecule has 0 spiro atoms. The van der Waals surface area contributed by atoms with Crippen molar-refractivity contribution in [3.05, 3.63) is 63.3 Å². The highest BCUT2D eigenvalue weighted by atomic mass is 79.9. The van der Waals surface area contributed by atoms with E-state index in [4.69, 9.17) is 11.6 Å². The van der Waals surface area contributed by atoms with Gasteiger partial charge in [0.1, 0.15) is 5.82 Å². The first-order valence-electron chi connectivity index (χ1n) is 8.49. The minimum atomic E-state index is -3.90. The van der Waals surface area contributed by atoms with Crippen molar-refractivity contribution in [1.29, 1.82) is 0 Å². The van der Waals surface area contributed by atoms with E-state index in [1.165, 1.54) is 36.4 Å². The number of nitrogens with one attached hydrogen (secondary N) is 1. The van der Waals surface area contributed by atoms with Gasteiger partial charge in [0.2, 0.25) is 5.91 Å². The molecule has 1 saturated carbocycles. The van der Waals surface area contributed by atoms with Gasteiger partial charge in [-0.05, 0) is 60.9 Å². The van der Waals surface area contributed by atoms with Crippen LogP contribution >= 0.6 is 27.5 Å². The van der Waals surface area contributed by atoms with Crippen LogP contribution < -0.4 is 5.32 Å². The summed E-state index contributed by atoms with van der Waals surface area (Å²) in [5, 5.41) is 3.12. The Morgan fingerprint density at radius 1 is 1.15 bits per heavy atom. The van der Waals surface area contributed by atoms with E-state index in [-0.39, 0.29) is 24.3 Å². The van der Waals surface area contributed by atoms with Crippen molar-refractivity contribution in [3.8, 4) is 0 Å². The summed E-state index contributed by atoms with van der Waals surface area (Å²) in [4.78, 5) is 13.1. The van der Waals surface area contributed by atoms with Crippen molar-refractivity contribution in [3.63, 3.8) is 0 Å². The standard InChI is InChI=1S/C19H18BrClFNO3S/c20-17-8-5-15(22)11-13(17)12-23-18(24)19(9-1-2-10-19)27(25,26)16-6-3-14(21)4-7-16/h3-8,11H,1-2,9-10,12H2,(H,23,24). The number of hydrogen-bond donors (Lipinski definition) is 1. The SMILES string of the molecule is O=C(NCc1cc(F)ccc1Br)C1(S(=O)(=O)c2ccc(Cl)cc2)CCCC1. The molecule has 1 amide bonds. The molecular weight excluding hydrogens is 457 g/mol. The fraction of sp³-hybridized carbons (Fsp3) is 0.316. The van der Waals surface area contributed by atoms with Crippen LogP contribution in [-0.2, 0) is 21.2 Å². The number of carbonyl (C=O) groups is 1. The predicted molar refractivity (Wildman–Crippen MR) is 106 cm³/mol. The Kier molecular flexibility index (Phi) is 5.93. The largest absolute Gasteiger partial charge is 0.351 e. The lowest BCUT2D eigenvalue weighted by atomic mass is 10.1. The Labute approximate surface area is 171 Å². The molecular formula is C19H18BrClFNO3S. The first-order valence-corrected chi connectivity index (χ1v) is 11.1. The maximum absolute atomic E-state index is 13.5. The van der Waals surface area contributed by atoms with Crippen molar-refractivity contribution in [1.82, 2.24) is 5.32 Å². The summed E-state index contributed by atoms with van der Waals surface area (Å²) < 4.78 is 39.1. The van der Waals surface area contributed by atoms with Crippen molar-refractivity contribution in [2.75, 3.05) is 0 Å². The Bertz CT molecular complexity index is 957. The molecule has 4 nitrogen and oxygen atoms in total. The van der Waals surface area contributed by atoms with Gasteiger partial charge in [0.05, 0.1) is 4.90 Å². The van der Waals surface area contributed by atoms with Crippen molar-refractivity contribution in [2.24, 2.45) is 0 Å². The normalized spacial score (nSPS) is 16.3. The smallest absolute Gasteiger partial charge is 0.242 e. The lowest BCUT2D eigenvalue weighted by molar-refractivity contribution is -0.123. The summed E-state index contributed by atoms with van der Waals surface area (Å²) in [6.07, 6.45) is 1.83. The maximum Gasteiger partial charge on any atom is 0.242 e. The molecule has 0 unspecified atom stereocenters. The third-order valence-corrected chi connectivity index (χ3v) is 8.45. The van der Waals surface area contributed by atoms with Gasteiger partial charge in [-0.3, -0.25) is 4.79 Å². The third-order valence-electron chi connectivity index (χ3n) is 4.91. The van der Waals surface area contributed by atoms with Crippen LogP contribution in [0.4, 0.5) is 4.39 Å². The van der Waals surface area contributed by atoms with Gasteiger partial charge in [-0.25, -0.2) is 12.8 Å². The van der Waals surface area contributed by atoms with Gasteiger partial charge in [0.15, 0.2) is 14.6 Å². The quantitative estimate of drug-likeness (QED) is 0.686. The lowest BCUT2D eigenvalue weighted by Gasteiger charge is -2.27. The molecule has 3 rings (SSSR count). The van der Waals surface area contributed by atoms with E-state index in [2.05, 4.69) is 21.2 Å². The second-order valence-corrected chi connectivity index (χ2v) is 10.1. The molecule has 1 fully saturated rings. The summed E-state index contributed by atoms with van der Waals surface area (Å²) in [6, 6.07) is 10.0. The van der Waals surface area contributed by atoms with Gasteiger partial charge in [-0.2, -0.15) is 0 Å². The van der Waals surface area contributed by atoms with Crippen molar-refractivity contribution >= 4 is 43.3 Å². The second-order valence-electron chi connectivity index (χ2n) is 6.58. The second kappa shape index (κ2) is 7.89. The van der Waals surface area contributed by atoms with Crippen LogP contribution in [0.2, 0.25) is 5.02 Å². The van der Waals surface area contributed by atoms with Gasteiger partial charge in [-0.15, -0.1) is 0 Å². The molecule has 8 heteroatoms. The minimum absolute atomic E-state index is 0.0368. The topological polar surface area (TPSA) is 63.2 Å². The molecule has 1 N–H and O–H groups in total. The molecule has 1 aliphatic carbocycles. The van der Waals surface area contributed by atoms with Crippen LogP contribution in [0.5, 0.6) is 0 Å². The van der Waals surface area contributed by atoms with Gasteiger partial charge < -0.3 is 5.32 Å². The summed E-state index contributed by atoms with van der Waals surface area (Å²) in [7, 11) is -3.90. The van der Waals surface area contributed by atoms with E-state index < -0.39 is 26.3 Å². The van der Waals surface area contributed by atoms with E-state index in [9.17, 15) is 17.6 Å². The number of carbonyl (C=O) groups excluding carboxylic acids is 1. The fourth-order valence-corrected chi connectivity index (χ4v) is 6.02. The molecule has 27 heavy (non-hydrogen) atoms. The summed E-state index contributed by atoms with van der Waals surface area (Å²) in [5.41, 5.74) is 0.542. The summed E-state index contributed by atoms with van der Waals surface area (Å²) >= 11 is 9.17. The molecule has 0 bridgehead atoms. The van der Waals surface area contributed by atoms with E-state index in [0.29, 0.717) is 27.9 Å². The number of sulfone groups is 1. The Balaban J connectivity index is 1.88. The maximum atomic E-state index is 13.5. The average Bonchev–Trinajstić information content (AvgIpc) is 3.14. The van der Waals surface area contributed by atoms with Crippen LogP contribution in [0.15, 0.2) is 51.8 Å². The Hall–Kier alpha value is -1.44. The number of rotatable bonds is 5. The molecule has 0 aliphatic heterocycles. The van der Waals surface area contributed by atoms with Crippen molar-refractivity contribution in [2.45, 2.75) is 41.9 Å². The molecule has 2 aromatic carbocycles. The number of hydrogen-bond acceptors (Lipinski definition) is 3. The Morgan fingerprint density at radius 3 is 2.41 bits per heavy atom. The number of benzene rings is 2. The number of amides is 1. The van der Waals surface area contributed by atoms with E-state index in [1.54, 1.807) is 6.07 Å². The molecule has 0 saturated heterocycles. The van der Waals surface area contributed by atoms with E-state index >= 15 is 0 Å². The third kappa shape index (κ3) is 3.91. The highest BCUT2D eigenvalue weighted by molar-refractivity contribution is 9.10. The molecule has 0 heterocycles. The van der Waals surface area contributed by atoms with E-state index in [0.717, 1.165) is 0 Å². The average molecular weight is 475 g/mol. The Morgan fingerprint density at radius 2 is 1.78 bits per heavy atom. The van der Waals surface area contributed by atoms with Gasteiger partial charge in [0, 0.05) is 16.0 Å². The zero-order valence-corrected chi connectivity index (χ0v) is 17.5. The molecule has 0 atom stereocenters. The lowest BCUT2D eigenvalue weighted by Crippen LogP contribution is -2.50. The fourth-order valence-electron chi connectivity index (χ4n) is 3.42. The van der Waals surface area contributed by atoms with Gasteiger partial charge in [0.25, 0.3) is 0 Å². The summed E-state index contributed by atoms with van der Waals surface area (Å²) in [5.74, 6) is -0.974. The molecule has 1 aliphatic rings. The van der Waals surface area contributed by atoms with Gasteiger partial charge >= 0.3 is 0 Å². The van der Waals surface area contributed by atoms with Gasteiger partial charge in [-0.1, -0.05) is 40.4 Å². The minimum Gasteiger partial charge on any atom is -0.351 e. The first-order chi connectivity index (χ1) is 12.8. The van der Waals surface area contributed by atoms with Crippen LogP contribution in [-0.4, -0.2) is 19.1 Å². The van der Waals surface area contributed by atoms with Crippen LogP contribution in [0, 0.1) is 5.82 Å². The highest BCUT2D eigenvalue weighted by Crippen LogP contribution is 2.41.